The molecule has 42 heavy (non-hydrogen) atoms. The first-order valence-electron chi connectivity index (χ1n) is 15.0. The summed E-state index contributed by atoms with van der Waals surface area (Å²) in [7, 11) is 0. The van der Waals surface area contributed by atoms with Crippen LogP contribution in [0.1, 0.15) is 142 Å². The Kier molecular flexibility index (Phi) is 12.6. The van der Waals surface area contributed by atoms with Gasteiger partial charge in [0.1, 0.15) is 0 Å². The molecule has 1 aliphatic rings. The van der Waals surface area contributed by atoms with E-state index in [1.165, 1.54) is 0 Å². The van der Waals surface area contributed by atoms with Gasteiger partial charge in [0, 0.05) is 12.4 Å². The Morgan fingerprint density at radius 2 is 0.881 bits per heavy atom. The first-order valence-corrected chi connectivity index (χ1v) is 15.0. The van der Waals surface area contributed by atoms with Gasteiger partial charge in [-0.25, -0.2) is 0 Å². The fraction of sp³-hybridized carbons (Fsp3) is 0.611. The molecule has 2 atom stereocenters. The van der Waals surface area contributed by atoms with Gasteiger partial charge in [0.05, 0.1) is 12.1 Å². The minimum atomic E-state index is -0.248. The van der Waals surface area contributed by atoms with E-state index >= 15 is 0 Å². The number of benzene rings is 2. The SMILES string of the molecule is CC(C)(C)c1cc(C=N[C@H]2CCCC[C@@H]2N=Cc2cc(C(C)(C)C)cc(C(C)(C)C)c2[O-])c([O-])c(C(C)(C)C)c1.[Cl-].[Co+3]. The quantitative estimate of drug-likeness (QED) is 0.449. The third kappa shape index (κ3) is 9.34. The van der Waals surface area contributed by atoms with E-state index in [9.17, 15) is 10.2 Å². The van der Waals surface area contributed by atoms with Gasteiger partial charge in [0.15, 0.2) is 0 Å². The molecule has 0 radical (unpaired) electrons. The molecule has 0 bridgehead atoms. The molecule has 0 heterocycles. The zero-order valence-corrected chi connectivity index (χ0v) is 29.7. The summed E-state index contributed by atoms with van der Waals surface area (Å²) >= 11 is 0. The summed E-state index contributed by atoms with van der Waals surface area (Å²) < 4.78 is 0. The van der Waals surface area contributed by atoms with E-state index in [1.807, 2.05) is 12.1 Å². The largest absolute Gasteiger partial charge is 3.00 e. The third-order valence-corrected chi connectivity index (χ3v) is 8.09. The normalized spacial score (nSPS) is 18.7. The van der Waals surface area contributed by atoms with Crippen LogP contribution < -0.4 is 22.6 Å². The Morgan fingerprint density at radius 1 is 0.571 bits per heavy atom. The van der Waals surface area contributed by atoms with Gasteiger partial charge >= 0.3 is 16.8 Å². The average molecular weight is 639 g/mol. The van der Waals surface area contributed by atoms with Crippen LogP contribution >= 0.6 is 0 Å². The molecule has 2 aromatic carbocycles. The van der Waals surface area contributed by atoms with Crippen LogP contribution in [-0.2, 0) is 38.4 Å². The van der Waals surface area contributed by atoms with Gasteiger partial charge in [-0.05, 0) is 67.9 Å². The number of halogens is 1. The molecule has 0 spiro atoms. The summed E-state index contributed by atoms with van der Waals surface area (Å²) in [5.74, 6) is 0.120. The second kappa shape index (κ2) is 13.9. The van der Waals surface area contributed by atoms with Crippen molar-refractivity contribution in [3.8, 4) is 11.5 Å². The fourth-order valence-corrected chi connectivity index (χ4v) is 5.27. The summed E-state index contributed by atoms with van der Waals surface area (Å²) in [6, 6.07) is 8.15. The van der Waals surface area contributed by atoms with Gasteiger partial charge in [-0.2, -0.15) is 0 Å². The topological polar surface area (TPSA) is 70.8 Å². The van der Waals surface area contributed by atoms with Crippen LogP contribution in [0.25, 0.3) is 0 Å². The standard InChI is InChI=1S/C36H54N2O2.ClH.Co/c1-33(2,3)25-17-23(31(39)27(19-25)35(7,8)9)21-37-29-15-13-14-16-30(29)38-22-24-18-26(34(4,5)6)20-28(32(24)40)36(10,11)12;;/h17-22,29-30,39-40H,13-16H2,1-12H3;1H;/q;;+3/p-3/t29-,30-;;/m0../s1. The van der Waals surface area contributed by atoms with Crippen LogP contribution in [0.4, 0.5) is 0 Å². The minimum Gasteiger partial charge on any atom is -1.00 e. The Labute approximate surface area is 272 Å². The predicted octanol–water partition coefficient (Wildman–Crippen LogP) is 4.87. The molecule has 0 aromatic heterocycles. The van der Waals surface area contributed by atoms with E-state index in [0.717, 1.165) is 47.9 Å². The maximum Gasteiger partial charge on any atom is 3.00 e. The van der Waals surface area contributed by atoms with E-state index in [-0.39, 0.29) is 74.4 Å². The van der Waals surface area contributed by atoms with E-state index in [2.05, 4.69) is 95.2 Å². The zero-order chi connectivity index (χ0) is 30.3. The van der Waals surface area contributed by atoms with Gasteiger partial charge in [0.25, 0.3) is 0 Å². The van der Waals surface area contributed by atoms with E-state index in [4.69, 9.17) is 9.98 Å². The van der Waals surface area contributed by atoms with Gasteiger partial charge in [-0.1, -0.05) is 132 Å². The summed E-state index contributed by atoms with van der Waals surface area (Å²) in [5, 5.41) is 26.9. The number of nitrogens with zero attached hydrogens (tertiary/aromatic N) is 2. The van der Waals surface area contributed by atoms with Crippen LogP contribution in [-0.4, -0.2) is 24.5 Å². The number of rotatable bonds is 4. The first-order chi connectivity index (χ1) is 18.2. The minimum absolute atomic E-state index is 0. The molecule has 1 aliphatic carbocycles. The average Bonchev–Trinajstić information content (AvgIpc) is 2.80. The van der Waals surface area contributed by atoms with E-state index in [1.54, 1.807) is 12.4 Å². The van der Waals surface area contributed by atoms with Gasteiger partial charge in [-0.3, -0.25) is 9.98 Å². The Hall–Kier alpha value is -1.82. The van der Waals surface area contributed by atoms with Gasteiger partial charge in [-0.15, -0.1) is 0 Å². The number of hydrogen-bond donors (Lipinski definition) is 0. The maximum atomic E-state index is 13.5. The van der Waals surface area contributed by atoms with Crippen molar-refractivity contribution in [2.45, 2.75) is 143 Å². The maximum absolute atomic E-state index is 13.5. The van der Waals surface area contributed by atoms with E-state index < -0.39 is 0 Å². The Morgan fingerprint density at radius 3 is 1.14 bits per heavy atom. The van der Waals surface area contributed by atoms with Crippen molar-refractivity contribution in [3.05, 3.63) is 57.6 Å². The molecule has 0 amide bonds. The Bertz CT molecular complexity index is 1170. The predicted molar refractivity (Wildman–Crippen MR) is 168 cm³/mol. The third-order valence-electron chi connectivity index (χ3n) is 8.09. The molecule has 234 valence electrons. The van der Waals surface area contributed by atoms with Crippen molar-refractivity contribution in [1.82, 2.24) is 0 Å². The van der Waals surface area contributed by atoms with Crippen molar-refractivity contribution in [2.75, 3.05) is 0 Å². The molecule has 2 aromatic rings. The molecule has 0 unspecified atom stereocenters. The van der Waals surface area contributed by atoms with Crippen LogP contribution in [0.5, 0.6) is 11.5 Å². The van der Waals surface area contributed by atoms with Crippen molar-refractivity contribution in [3.63, 3.8) is 0 Å². The second-order valence-corrected chi connectivity index (χ2v) is 15.9. The van der Waals surface area contributed by atoms with Crippen molar-refractivity contribution >= 4 is 12.4 Å². The molecule has 6 heteroatoms. The van der Waals surface area contributed by atoms with Gasteiger partial charge < -0.3 is 22.6 Å². The molecule has 0 aliphatic heterocycles. The zero-order valence-electron chi connectivity index (χ0n) is 27.9. The van der Waals surface area contributed by atoms with Gasteiger partial charge in [0.2, 0.25) is 0 Å². The van der Waals surface area contributed by atoms with Crippen molar-refractivity contribution in [1.29, 1.82) is 0 Å². The molecule has 0 saturated heterocycles. The number of hydrogen-bond acceptors (Lipinski definition) is 4. The van der Waals surface area contributed by atoms with Crippen LogP contribution in [0.2, 0.25) is 0 Å². The molecule has 1 fully saturated rings. The van der Waals surface area contributed by atoms with Crippen LogP contribution in [0.15, 0.2) is 34.3 Å². The molecular weight excluding hydrogens is 587 g/mol. The molecule has 3 rings (SSSR count). The van der Waals surface area contributed by atoms with Crippen molar-refractivity contribution in [2.24, 2.45) is 9.98 Å². The summed E-state index contributed by atoms with van der Waals surface area (Å²) in [5.41, 5.74) is 4.62. The fourth-order valence-electron chi connectivity index (χ4n) is 5.27. The van der Waals surface area contributed by atoms with Crippen LogP contribution in [0, 0.1) is 0 Å². The summed E-state index contributed by atoms with van der Waals surface area (Å²) in [6.45, 7) is 25.6. The summed E-state index contributed by atoms with van der Waals surface area (Å²) in [6.07, 6.45) is 7.63. The monoisotopic (exact) mass is 638 g/mol. The number of aliphatic imine (C=N–C) groups is 2. The molecular formula is C36H52ClCoN2O2. The van der Waals surface area contributed by atoms with Crippen molar-refractivity contribution < 1.29 is 39.4 Å². The van der Waals surface area contributed by atoms with Crippen LogP contribution in [0.3, 0.4) is 0 Å². The molecule has 1 saturated carbocycles. The summed E-state index contributed by atoms with van der Waals surface area (Å²) in [4.78, 5) is 9.95. The Balaban J connectivity index is 0.00000441. The smallest absolute Gasteiger partial charge is 1.00 e. The molecule has 4 nitrogen and oxygen atoms in total. The van der Waals surface area contributed by atoms with E-state index in [0.29, 0.717) is 11.1 Å². The second-order valence-electron chi connectivity index (χ2n) is 15.9. The molecule has 0 N–H and O–H groups in total. The first kappa shape index (κ1) is 38.2.